The Morgan fingerprint density at radius 3 is 2.42 bits per heavy atom. The van der Waals surface area contributed by atoms with E-state index < -0.39 is 12.6 Å². The number of rotatable bonds is 3. The highest BCUT2D eigenvalue weighted by atomic mass is 19.1. The van der Waals surface area contributed by atoms with Crippen molar-refractivity contribution in [2.24, 2.45) is 0 Å². The largest absolute Gasteiger partial charge is 0.481 e. The van der Waals surface area contributed by atoms with Gasteiger partial charge in [0.05, 0.1) is 24.0 Å². The highest BCUT2D eigenvalue weighted by molar-refractivity contribution is 5.69. The second-order valence-electron chi connectivity index (χ2n) is 2.20. The van der Waals surface area contributed by atoms with Crippen molar-refractivity contribution in [3.05, 3.63) is 23.8 Å². The topological polar surface area (TPSA) is 63.1 Å². The van der Waals surface area contributed by atoms with E-state index in [1.807, 2.05) is 0 Å². The third-order valence-corrected chi connectivity index (χ3v) is 1.23. The van der Waals surface area contributed by atoms with Crippen LogP contribution in [0, 0.1) is 0 Å². The Labute approximate surface area is 68.1 Å². The van der Waals surface area contributed by atoms with Crippen molar-refractivity contribution in [3.63, 3.8) is 0 Å². The second kappa shape index (κ2) is 3.75. The molecule has 0 radical (unpaired) electrons. The Hall–Kier alpha value is -1.52. The molecular formula is C7H7FN2O2. The van der Waals surface area contributed by atoms with Crippen LogP contribution in [0.1, 0.15) is 11.4 Å². The lowest BCUT2D eigenvalue weighted by molar-refractivity contribution is -0.136. The maximum absolute atomic E-state index is 11.9. The molecule has 1 rings (SSSR count). The summed E-state index contributed by atoms with van der Waals surface area (Å²) in [6, 6.07) is 0. The standard InChI is InChI=1S/C7H7FN2O2/c8-2-6-4-9-5(3-10-6)1-7(11)12/h3-4H,1-2H2,(H,11,12). The summed E-state index contributed by atoms with van der Waals surface area (Å²) in [6.07, 6.45) is 2.32. The van der Waals surface area contributed by atoms with Crippen molar-refractivity contribution < 1.29 is 14.3 Å². The van der Waals surface area contributed by atoms with Crippen molar-refractivity contribution in [2.75, 3.05) is 0 Å². The fourth-order valence-electron chi connectivity index (χ4n) is 0.697. The molecule has 0 aliphatic rings. The van der Waals surface area contributed by atoms with E-state index in [1.54, 1.807) is 0 Å². The van der Waals surface area contributed by atoms with Crippen molar-refractivity contribution in [1.29, 1.82) is 0 Å². The Kier molecular flexibility index (Phi) is 2.68. The molecule has 0 amide bonds. The Morgan fingerprint density at radius 1 is 1.42 bits per heavy atom. The molecule has 0 saturated heterocycles. The SMILES string of the molecule is O=C(O)Cc1cnc(CF)cn1. The van der Waals surface area contributed by atoms with E-state index in [0.717, 1.165) is 0 Å². The van der Waals surface area contributed by atoms with E-state index in [-0.39, 0.29) is 12.1 Å². The molecule has 1 N–H and O–H groups in total. The van der Waals surface area contributed by atoms with Crippen molar-refractivity contribution in [3.8, 4) is 0 Å². The summed E-state index contributed by atoms with van der Waals surface area (Å²) in [7, 11) is 0. The third-order valence-electron chi connectivity index (χ3n) is 1.23. The normalized spacial score (nSPS) is 9.75. The van der Waals surface area contributed by atoms with Crippen LogP contribution < -0.4 is 0 Å². The summed E-state index contributed by atoms with van der Waals surface area (Å²) in [6.45, 7) is -0.680. The Bertz CT molecular complexity index is 273. The molecule has 64 valence electrons. The number of alkyl halides is 1. The van der Waals surface area contributed by atoms with Crippen LogP contribution in [0.2, 0.25) is 0 Å². The molecule has 0 aliphatic carbocycles. The number of aromatic nitrogens is 2. The monoisotopic (exact) mass is 170 g/mol. The molecule has 1 aromatic rings. The van der Waals surface area contributed by atoms with Gasteiger partial charge >= 0.3 is 5.97 Å². The number of carboxylic acids is 1. The molecule has 1 heterocycles. The molecule has 1 aromatic heterocycles. The van der Waals surface area contributed by atoms with Gasteiger partial charge in [0, 0.05) is 6.20 Å². The van der Waals surface area contributed by atoms with Gasteiger partial charge in [0.1, 0.15) is 6.67 Å². The lowest BCUT2D eigenvalue weighted by Gasteiger charge is -1.95. The summed E-state index contributed by atoms with van der Waals surface area (Å²) in [5, 5.41) is 8.35. The summed E-state index contributed by atoms with van der Waals surface area (Å²) in [4.78, 5) is 17.5. The molecular weight excluding hydrogens is 163 g/mol. The van der Waals surface area contributed by atoms with Crippen molar-refractivity contribution in [2.45, 2.75) is 13.1 Å². The van der Waals surface area contributed by atoms with Crippen LogP contribution in [-0.2, 0) is 17.9 Å². The Morgan fingerprint density at radius 2 is 2.00 bits per heavy atom. The van der Waals surface area contributed by atoms with Gasteiger partial charge in [0.2, 0.25) is 0 Å². The van der Waals surface area contributed by atoms with Crippen LogP contribution in [-0.4, -0.2) is 21.0 Å². The van der Waals surface area contributed by atoms with Gasteiger partial charge in [-0.25, -0.2) is 4.39 Å². The third kappa shape index (κ3) is 2.26. The van der Waals surface area contributed by atoms with E-state index in [4.69, 9.17) is 5.11 Å². The molecule has 5 heteroatoms. The van der Waals surface area contributed by atoms with Crippen LogP contribution >= 0.6 is 0 Å². The first-order chi connectivity index (χ1) is 5.72. The summed E-state index contributed by atoms with van der Waals surface area (Å²) < 4.78 is 11.9. The van der Waals surface area contributed by atoms with Crippen LogP contribution in [0.3, 0.4) is 0 Å². The number of nitrogens with zero attached hydrogens (tertiary/aromatic N) is 2. The lowest BCUT2D eigenvalue weighted by Crippen LogP contribution is -2.03. The number of carboxylic acid groups (broad SMARTS) is 1. The molecule has 0 aliphatic heterocycles. The van der Waals surface area contributed by atoms with E-state index in [9.17, 15) is 9.18 Å². The average molecular weight is 170 g/mol. The van der Waals surface area contributed by atoms with Crippen LogP contribution in [0.5, 0.6) is 0 Å². The van der Waals surface area contributed by atoms with Gasteiger partial charge in [0.25, 0.3) is 0 Å². The number of hydrogen-bond acceptors (Lipinski definition) is 3. The number of halogens is 1. The fraction of sp³-hybridized carbons (Fsp3) is 0.286. The Balaban J connectivity index is 2.71. The molecule has 0 unspecified atom stereocenters. The molecule has 0 atom stereocenters. The quantitative estimate of drug-likeness (QED) is 0.720. The average Bonchev–Trinajstić information content (AvgIpc) is 2.05. The van der Waals surface area contributed by atoms with Crippen molar-refractivity contribution in [1.82, 2.24) is 9.97 Å². The second-order valence-corrected chi connectivity index (χ2v) is 2.20. The maximum Gasteiger partial charge on any atom is 0.309 e. The first-order valence-corrected chi connectivity index (χ1v) is 3.30. The van der Waals surface area contributed by atoms with Gasteiger partial charge in [-0.1, -0.05) is 0 Å². The predicted octanol–water partition coefficient (Wildman–Crippen LogP) is 0.573. The molecule has 12 heavy (non-hydrogen) atoms. The fourth-order valence-corrected chi connectivity index (χ4v) is 0.697. The van der Waals surface area contributed by atoms with Gasteiger partial charge in [0.15, 0.2) is 0 Å². The van der Waals surface area contributed by atoms with E-state index >= 15 is 0 Å². The van der Waals surface area contributed by atoms with Gasteiger partial charge in [-0.15, -0.1) is 0 Å². The first kappa shape index (κ1) is 8.58. The highest BCUT2D eigenvalue weighted by Crippen LogP contribution is 1.97. The van der Waals surface area contributed by atoms with E-state index in [1.165, 1.54) is 12.4 Å². The molecule has 0 bridgehead atoms. The predicted molar refractivity (Wildman–Crippen MR) is 38.2 cm³/mol. The van der Waals surface area contributed by atoms with E-state index in [0.29, 0.717) is 5.69 Å². The van der Waals surface area contributed by atoms with Gasteiger partial charge in [-0.2, -0.15) is 0 Å². The first-order valence-electron chi connectivity index (χ1n) is 3.30. The molecule has 4 nitrogen and oxygen atoms in total. The molecule has 0 spiro atoms. The minimum Gasteiger partial charge on any atom is -0.481 e. The maximum atomic E-state index is 11.9. The van der Waals surface area contributed by atoms with Crippen LogP contribution in [0.4, 0.5) is 4.39 Å². The number of hydrogen-bond donors (Lipinski definition) is 1. The summed E-state index contributed by atoms with van der Waals surface area (Å²) >= 11 is 0. The van der Waals surface area contributed by atoms with E-state index in [2.05, 4.69) is 9.97 Å². The smallest absolute Gasteiger partial charge is 0.309 e. The van der Waals surface area contributed by atoms with Gasteiger partial charge < -0.3 is 5.11 Å². The summed E-state index contributed by atoms with van der Waals surface area (Å²) in [5.74, 6) is -0.975. The van der Waals surface area contributed by atoms with Crippen molar-refractivity contribution >= 4 is 5.97 Å². The zero-order chi connectivity index (χ0) is 8.97. The lowest BCUT2D eigenvalue weighted by atomic mass is 10.3. The zero-order valence-electron chi connectivity index (χ0n) is 6.20. The highest BCUT2D eigenvalue weighted by Gasteiger charge is 2.01. The minimum absolute atomic E-state index is 0.181. The molecule has 0 fully saturated rings. The summed E-state index contributed by atoms with van der Waals surface area (Å²) in [5.41, 5.74) is 0.545. The molecule has 0 aromatic carbocycles. The van der Waals surface area contributed by atoms with Crippen LogP contribution in [0.15, 0.2) is 12.4 Å². The van der Waals surface area contributed by atoms with Crippen LogP contribution in [0.25, 0.3) is 0 Å². The van der Waals surface area contributed by atoms with Gasteiger partial charge in [-0.05, 0) is 0 Å². The zero-order valence-corrected chi connectivity index (χ0v) is 6.20. The number of aliphatic carboxylic acids is 1. The number of carbonyl (C=O) groups is 1. The molecule has 0 saturated carbocycles. The minimum atomic E-state index is -0.975. The van der Waals surface area contributed by atoms with Gasteiger partial charge in [-0.3, -0.25) is 14.8 Å².